The molecule has 0 bridgehead atoms. The molecule has 1 N–H and O–H groups in total. The van der Waals surface area contributed by atoms with Crippen LogP contribution in [-0.4, -0.2) is 16.3 Å². The third-order valence-corrected chi connectivity index (χ3v) is 4.90. The van der Waals surface area contributed by atoms with Crippen molar-refractivity contribution in [1.29, 1.82) is 0 Å². The summed E-state index contributed by atoms with van der Waals surface area (Å²) < 4.78 is -0.924. The lowest BCUT2D eigenvalue weighted by Crippen LogP contribution is -2.40. The summed E-state index contributed by atoms with van der Waals surface area (Å²) in [5, 5.41) is 3.65. The van der Waals surface area contributed by atoms with Crippen molar-refractivity contribution in [2.24, 2.45) is 5.41 Å². The average molecular weight is 321 g/mol. The summed E-state index contributed by atoms with van der Waals surface area (Å²) in [4.78, 5) is 12.1. The predicted molar refractivity (Wildman–Crippen MR) is 79.9 cm³/mol. The van der Waals surface area contributed by atoms with Crippen LogP contribution < -0.4 is 5.32 Å². The molecule has 5 heteroatoms. The molecule has 0 aliphatic heterocycles. The van der Waals surface area contributed by atoms with E-state index in [2.05, 4.69) is 5.32 Å². The van der Waals surface area contributed by atoms with Crippen molar-refractivity contribution in [2.45, 2.75) is 37.1 Å². The second kappa shape index (κ2) is 5.16. The first-order valence-electron chi connectivity index (χ1n) is 6.18. The average Bonchev–Trinajstić information content (AvgIpc) is 2.79. The Hall–Kier alpha value is -0.440. The van der Waals surface area contributed by atoms with E-state index in [1.165, 1.54) is 0 Å². The van der Waals surface area contributed by atoms with Crippen molar-refractivity contribution in [2.75, 3.05) is 0 Å². The third kappa shape index (κ3) is 3.18. The van der Waals surface area contributed by atoms with Crippen LogP contribution in [0.15, 0.2) is 24.3 Å². The minimum absolute atomic E-state index is 0.00697. The highest BCUT2D eigenvalue weighted by molar-refractivity contribution is 6.53. The number of carbonyl (C=O) groups excluding carboxylic acids is 1. The van der Waals surface area contributed by atoms with Crippen molar-refractivity contribution in [3.8, 4) is 0 Å². The number of amides is 1. The standard InChI is InChI=1S/C14H16Cl3NO/c1-9(6-10-4-3-5-11(15)7-10)18-12(19)13(2)8-14(13,16)17/h3-5,7,9H,6,8H2,1-2H3,(H,18,19)/t9-,13+/m0/s1. The van der Waals surface area contributed by atoms with Gasteiger partial charge in [-0.15, -0.1) is 23.2 Å². The number of nitrogens with one attached hydrogen (secondary N) is 1. The summed E-state index contributed by atoms with van der Waals surface area (Å²) in [5.74, 6) is -0.0907. The summed E-state index contributed by atoms with van der Waals surface area (Å²) in [6, 6.07) is 7.62. The zero-order valence-electron chi connectivity index (χ0n) is 10.8. The van der Waals surface area contributed by atoms with Gasteiger partial charge in [-0.1, -0.05) is 23.7 Å². The summed E-state index contributed by atoms with van der Waals surface area (Å²) in [7, 11) is 0. The quantitative estimate of drug-likeness (QED) is 0.836. The fourth-order valence-corrected chi connectivity index (χ4v) is 3.02. The van der Waals surface area contributed by atoms with E-state index in [9.17, 15) is 4.79 Å². The van der Waals surface area contributed by atoms with E-state index in [1.54, 1.807) is 6.92 Å². The van der Waals surface area contributed by atoms with Gasteiger partial charge in [0.25, 0.3) is 0 Å². The first-order chi connectivity index (χ1) is 8.74. The second-order valence-electron chi connectivity index (χ2n) is 5.42. The van der Waals surface area contributed by atoms with E-state index in [-0.39, 0.29) is 11.9 Å². The van der Waals surface area contributed by atoms with Crippen LogP contribution in [-0.2, 0) is 11.2 Å². The van der Waals surface area contributed by atoms with Crippen molar-refractivity contribution >= 4 is 40.7 Å². The van der Waals surface area contributed by atoms with E-state index in [0.29, 0.717) is 11.4 Å². The molecule has 0 radical (unpaired) electrons. The summed E-state index contributed by atoms with van der Waals surface area (Å²) >= 11 is 17.9. The van der Waals surface area contributed by atoms with Gasteiger partial charge in [-0.25, -0.2) is 0 Å². The Labute approximate surface area is 128 Å². The fourth-order valence-electron chi connectivity index (χ4n) is 2.10. The number of carbonyl (C=O) groups is 1. The number of alkyl halides is 2. The largest absolute Gasteiger partial charge is 0.353 e. The molecular formula is C14H16Cl3NO. The molecule has 0 saturated heterocycles. The zero-order valence-corrected chi connectivity index (χ0v) is 13.1. The molecule has 104 valence electrons. The molecule has 1 fully saturated rings. The molecule has 2 atom stereocenters. The van der Waals surface area contributed by atoms with Gasteiger partial charge in [0.05, 0.1) is 5.41 Å². The van der Waals surface area contributed by atoms with Gasteiger partial charge >= 0.3 is 0 Å². The number of rotatable bonds is 4. The lowest BCUT2D eigenvalue weighted by atomic mass is 10.0. The van der Waals surface area contributed by atoms with Gasteiger partial charge in [-0.3, -0.25) is 4.79 Å². The van der Waals surface area contributed by atoms with Crippen molar-refractivity contribution in [1.82, 2.24) is 5.32 Å². The highest BCUT2D eigenvalue weighted by atomic mass is 35.5. The molecule has 1 aliphatic carbocycles. The van der Waals surface area contributed by atoms with Gasteiger partial charge in [0.1, 0.15) is 4.33 Å². The minimum atomic E-state index is -0.924. The van der Waals surface area contributed by atoms with Gasteiger partial charge in [-0.2, -0.15) is 0 Å². The Bertz CT molecular complexity index is 503. The van der Waals surface area contributed by atoms with Crippen molar-refractivity contribution < 1.29 is 4.79 Å². The monoisotopic (exact) mass is 319 g/mol. The summed E-state index contributed by atoms with van der Waals surface area (Å²) in [6.45, 7) is 3.74. The van der Waals surface area contributed by atoms with Gasteiger partial charge in [-0.05, 0) is 44.4 Å². The first-order valence-corrected chi connectivity index (χ1v) is 7.31. The van der Waals surface area contributed by atoms with Crippen molar-refractivity contribution in [3.63, 3.8) is 0 Å². The number of halogens is 3. The Morgan fingerprint density at radius 2 is 2.11 bits per heavy atom. The summed E-state index contributed by atoms with van der Waals surface area (Å²) in [5.41, 5.74) is 0.419. The normalized spacial score (nSPS) is 25.7. The number of hydrogen-bond donors (Lipinski definition) is 1. The topological polar surface area (TPSA) is 29.1 Å². The molecule has 0 aromatic heterocycles. The maximum Gasteiger partial charge on any atom is 0.229 e. The van der Waals surface area contributed by atoms with Crippen LogP contribution in [0.25, 0.3) is 0 Å². The predicted octanol–water partition coefficient (Wildman–Crippen LogP) is 3.97. The molecule has 2 nitrogen and oxygen atoms in total. The highest BCUT2D eigenvalue weighted by Gasteiger charge is 2.67. The Morgan fingerprint density at radius 1 is 1.47 bits per heavy atom. The molecule has 0 spiro atoms. The summed E-state index contributed by atoms with van der Waals surface area (Å²) in [6.07, 6.45) is 1.22. The van der Waals surface area contributed by atoms with Gasteiger partial charge in [0.2, 0.25) is 5.91 Å². The van der Waals surface area contributed by atoms with Crippen LogP contribution in [0.4, 0.5) is 0 Å². The maximum atomic E-state index is 12.1. The van der Waals surface area contributed by atoms with Crippen LogP contribution in [0, 0.1) is 5.41 Å². The molecule has 1 amide bonds. The lowest BCUT2D eigenvalue weighted by Gasteiger charge is -2.18. The Kier molecular flexibility index (Phi) is 4.06. The highest BCUT2D eigenvalue weighted by Crippen LogP contribution is 2.63. The molecule has 19 heavy (non-hydrogen) atoms. The van der Waals surface area contributed by atoms with E-state index in [0.717, 1.165) is 12.0 Å². The molecule has 1 aromatic rings. The number of hydrogen-bond acceptors (Lipinski definition) is 1. The fraction of sp³-hybridized carbons (Fsp3) is 0.500. The van der Waals surface area contributed by atoms with E-state index < -0.39 is 9.75 Å². The lowest BCUT2D eigenvalue weighted by molar-refractivity contribution is -0.126. The maximum absolute atomic E-state index is 12.1. The Morgan fingerprint density at radius 3 is 2.63 bits per heavy atom. The van der Waals surface area contributed by atoms with E-state index >= 15 is 0 Å². The molecule has 1 saturated carbocycles. The van der Waals surface area contributed by atoms with Gasteiger partial charge in [0, 0.05) is 11.1 Å². The molecule has 1 aliphatic rings. The zero-order chi connectivity index (χ0) is 14.3. The molecule has 2 rings (SSSR count). The van der Waals surface area contributed by atoms with E-state index in [1.807, 2.05) is 31.2 Å². The molecular weight excluding hydrogens is 305 g/mol. The number of benzene rings is 1. The Balaban J connectivity index is 1.92. The first kappa shape index (κ1) is 15.0. The molecule has 1 aromatic carbocycles. The van der Waals surface area contributed by atoms with Gasteiger partial charge < -0.3 is 5.32 Å². The van der Waals surface area contributed by atoms with Crippen LogP contribution in [0.3, 0.4) is 0 Å². The van der Waals surface area contributed by atoms with Crippen LogP contribution >= 0.6 is 34.8 Å². The smallest absolute Gasteiger partial charge is 0.229 e. The second-order valence-corrected chi connectivity index (χ2v) is 7.34. The van der Waals surface area contributed by atoms with Crippen molar-refractivity contribution in [3.05, 3.63) is 34.9 Å². The third-order valence-electron chi connectivity index (χ3n) is 3.57. The molecule has 0 unspecified atom stereocenters. The SMILES string of the molecule is C[C@@H](Cc1cccc(Cl)c1)NC(=O)[C@@]1(C)CC1(Cl)Cl. The molecule has 0 heterocycles. The minimum Gasteiger partial charge on any atom is -0.353 e. The van der Waals surface area contributed by atoms with Crippen LogP contribution in [0.1, 0.15) is 25.8 Å². The van der Waals surface area contributed by atoms with Crippen LogP contribution in [0.5, 0.6) is 0 Å². The van der Waals surface area contributed by atoms with Crippen LogP contribution in [0.2, 0.25) is 5.02 Å². The van der Waals surface area contributed by atoms with Gasteiger partial charge in [0.15, 0.2) is 0 Å². The van der Waals surface area contributed by atoms with E-state index in [4.69, 9.17) is 34.8 Å².